The second kappa shape index (κ2) is 7.69. The Morgan fingerprint density at radius 3 is 2.57 bits per heavy atom. The number of anilines is 1. The first kappa shape index (κ1) is 16.1. The normalized spacial score (nSPS) is 10.4. The lowest BCUT2D eigenvalue weighted by atomic mass is 10.3. The maximum Gasteiger partial charge on any atom is 0.225 e. The zero-order chi connectivity index (χ0) is 15.2. The number of benzene rings is 1. The lowest BCUT2D eigenvalue weighted by molar-refractivity contribution is -0.115. The van der Waals surface area contributed by atoms with Gasteiger partial charge >= 0.3 is 0 Å². The Hall–Kier alpha value is -1.23. The number of pyridine rings is 1. The van der Waals surface area contributed by atoms with Gasteiger partial charge in [-0.05, 0) is 30.7 Å². The fourth-order valence-electron chi connectivity index (χ4n) is 1.61. The molecule has 0 atom stereocenters. The average Bonchev–Trinajstić information content (AvgIpc) is 2.45. The smallest absolute Gasteiger partial charge is 0.225 e. The lowest BCUT2D eigenvalue weighted by Gasteiger charge is -2.08. The molecule has 1 aromatic carbocycles. The Morgan fingerprint density at radius 2 is 1.95 bits per heavy atom. The molecule has 0 radical (unpaired) electrons. The molecule has 1 aromatic heterocycles. The molecule has 0 unspecified atom stereocenters. The number of hydrogen-bond acceptors (Lipinski definition) is 3. The number of amides is 1. The molecule has 0 aliphatic carbocycles. The second-order valence-corrected chi connectivity index (χ2v) is 6.35. The van der Waals surface area contributed by atoms with Crippen molar-refractivity contribution in [1.29, 1.82) is 0 Å². The molecule has 2 rings (SSSR count). The molecule has 0 aliphatic rings. The third-order valence-corrected chi connectivity index (χ3v) is 4.27. The monoisotopic (exact) mass is 340 g/mol. The van der Waals surface area contributed by atoms with Gasteiger partial charge in [-0.1, -0.05) is 35.3 Å². The summed E-state index contributed by atoms with van der Waals surface area (Å²) in [7, 11) is 0. The first-order valence-electron chi connectivity index (χ1n) is 6.35. The van der Waals surface area contributed by atoms with E-state index in [1.165, 1.54) is 11.8 Å². The predicted octanol–water partition coefficient (Wildman–Crippen LogP) is 4.82. The zero-order valence-corrected chi connectivity index (χ0v) is 13.7. The Bertz CT molecular complexity index is 612. The molecule has 0 spiro atoms. The Kier molecular flexibility index (Phi) is 5.91. The van der Waals surface area contributed by atoms with E-state index in [9.17, 15) is 4.79 Å². The van der Waals surface area contributed by atoms with Crippen LogP contribution in [0.4, 0.5) is 5.69 Å². The molecule has 1 N–H and O–H groups in total. The lowest BCUT2D eigenvalue weighted by Crippen LogP contribution is -2.12. The van der Waals surface area contributed by atoms with E-state index < -0.39 is 0 Å². The number of halogens is 2. The fraction of sp³-hybridized carbons (Fsp3) is 0.200. The van der Waals surface area contributed by atoms with E-state index in [2.05, 4.69) is 10.3 Å². The molecule has 1 heterocycles. The summed E-state index contributed by atoms with van der Waals surface area (Å²) in [6, 6.07) is 9.06. The van der Waals surface area contributed by atoms with Gasteiger partial charge in [-0.25, -0.2) is 4.98 Å². The van der Waals surface area contributed by atoms with Crippen molar-refractivity contribution in [3.05, 3.63) is 52.1 Å². The van der Waals surface area contributed by atoms with Crippen LogP contribution in [0.15, 0.2) is 41.6 Å². The summed E-state index contributed by atoms with van der Waals surface area (Å²) in [6.45, 7) is 1.99. The van der Waals surface area contributed by atoms with Gasteiger partial charge in [-0.3, -0.25) is 4.79 Å². The van der Waals surface area contributed by atoms with Crippen molar-refractivity contribution in [1.82, 2.24) is 4.98 Å². The number of para-hydroxylation sites is 1. The van der Waals surface area contributed by atoms with Gasteiger partial charge in [-0.15, -0.1) is 11.8 Å². The SMILES string of the molecule is Cc1ccc(SCCC(=O)Nc2c(Cl)cccc2Cl)nc1. The van der Waals surface area contributed by atoms with Crippen LogP contribution in [0.5, 0.6) is 0 Å². The minimum absolute atomic E-state index is 0.121. The van der Waals surface area contributed by atoms with Gasteiger partial charge in [-0.2, -0.15) is 0 Å². The van der Waals surface area contributed by atoms with E-state index in [0.29, 0.717) is 27.9 Å². The van der Waals surface area contributed by atoms with Crippen LogP contribution in [0.3, 0.4) is 0 Å². The number of rotatable bonds is 5. The number of aromatic nitrogens is 1. The fourth-order valence-corrected chi connectivity index (χ4v) is 2.89. The summed E-state index contributed by atoms with van der Waals surface area (Å²) in [5.41, 5.74) is 1.58. The van der Waals surface area contributed by atoms with Crippen LogP contribution in [0.2, 0.25) is 10.0 Å². The largest absolute Gasteiger partial charge is 0.324 e. The molecule has 0 saturated heterocycles. The second-order valence-electron chi connectivity index (χ2n) is 4.42. The molecule has 110 valence electrons. The highest BCUT2D eigenvalue weighted by molar-refractivity contribution is 7.99. The highest BCUT2D eigenvalue weighted by atomic mass is 35.5. The van der Waals surface area contributed by atoms with Gasteiger partial charge in [0.1, 0.15) is 0 Å². The summed E-state index contributed by atoms with van der Waals surface area (Å²) >= 11 is 13.5. The number of aryl methyl sites for hydroxylation is 1. The highest BCUT2D eigenvalue weighted by Crippen LogP contribution is 2.30. The third-order valence-electron chi connectivity index (χ3n) is 2.69. The number of nitrogens with one attached hydrogen (secondary N) is 1. The molecule has 21 heavy (non-hydrogen) atoms. The summed E-state index contributed by atoms with van der Waals surface area (Å²) in [6.07, 6.45) is 2.17. The van der Waals surface area contributed by atoms with Crippen molar-refractivity contribution in [2.24, 2.45) is 0 Å². The first-order chi connectivity index (χ1) is 10.1. The van der Waals surface area contributed by atoms with Crippen LogP contribution in [0, 0.1) is 6.92 Å². The van der Waals surface area contributed by atoms with Gasteiger partial charge in [0.05, 0.1) is 20.8 Å². The van der Waals surface area contributed by atoms with Gasteiger partial charge in [0.15, 0.2) is 0 Å². The van der Waals surface area contributed by atoms with Crippen molar-refractivity contribution in [2.75, 3.05) is 11.1 Å². The average molecular weight is 341 g/mol. The molecular formula is C15H14Cl2N2OS. The molecule has 6 heteroatoms. The van der Waals surface area contributed by atoms with E-state index in [0.717, 1.165) is 10.6 Å². The molecule has 3 nitrogen and oxygen atoms in total. The van der Waals surface area contributed by atoms with E-state index in [4.69, 9.17) is 23.2 Å². The molecule has 1 amide bonds. The number of carbonyl (C=O) groups excluding carboxylic acids is 1. The molecule has 0 saturated carbocycles. The van der Waals surface area contributed by atoms with E-state index in [1.54, 1.807) is 18.2 Å². The van der Waals surface area contributed by atoms with Crippen LogP contribution in [0.1, 0.15) is 12.0 Å². The summed E-state index contributed by atoms with van der Waals surface area (Å²) < 4.78 is 0. The van der Waals surface area contributed by atoms with Crippen LogP contribution >= 0.6 is 35.0 Å². The Labute approximate surface area is 138 Å². The number of thioether (sulfide) groups is 1. The van der Waals surface area contributed by atoms with E-state index in [1.807, 2.05) is 25.3 Å². The summed E-state index contributed by atoms with van der Waals surface area (Å²) in [5.74, 6) is 0.522. The quantitative estimate of drug-likeness (QED) is 0.793. The zero-order valence-electron chi connectivity index (χ0n) is 11.4. The van der Waals surface area contributed by atoms with Gasteiger partial charge in [0, 0.05) is 18.4 Å². The number of nitrogens with zero attached hydrogens (tertiary/aromatic N) is 1. The maximum atomic E-state index is 11.9. The number of carbonyl (C=O) groups is 1. The summed E-state index contributed by atoms with van der Waals surface area (Å²) in [5, 5.41) is 4.51. The Balaban J connectivity index is 1.84. The maximum absolute atomic E-state index is 11.9. The summed E-state index contributed by atoms with van der Waals surface area (Å²) in [4.78, 5) is 16.2. The van der Waals surface area contributed by atoms with Gasteiger partial charge < -0.3 is 5.32 Å². The minimum atomic E-state index is -0.121. The molecule has 2 aromatic rings. The van der Waals surface area contributed by atoms with Gasteiger partial charge in [0.25, 0.3) is 0 Å². The topological polar surface area (TPSA) is 42.0 Å². The third kappa shape index (κ3) is 4.92. The van der Waals surface area contributed by atoms with Crippen molar-refractivity contribution >= 4 is 46.6 Å². The molecule has 0 fully saturated rings. The van der Waals surface area contributed by atoms with Crippen molar-refractivity contribution in [2.45, 2.75) is 18.4 Å². The van der Waals surface area contributed by atoms with Crippen LogP contribution in [-0.4, -0.2) is 16.6 Å². The number of hydrogen-bond donors (Lipinski definition) is 1. The van der Waals surface area contributed by atoms with Crippen molar-refractivity contribution < 1.29 is 4.79 Å². The highest BCUT2D eigenvalue weighted by Gasteiger charge is 2.09. The molecular weight excluding hydrogens is 327 g/mol. The van der Waals surface area contributed by atoms with Crippen LogP contribution in [-0.2, 0) is 4.79 Å². The van der Waals surface area contributed by atoms with Crippen LogP contribution in [0.25, 0.3) is 0 Å². The minimum Gasteiger partial charge on any atom is -0.324 e. The Morgan fingerprint density at radius 1 is 1.24 bits per heavy atom. The van der Waals surface area contributed by atoms with E-state index >= 15 is 0 Å². The predicted molar refractivity (Wildman–Crippen MR) is 89.4 cm³/mol. The molecule has 0 aliphatic heterocycles. The van der Waals surface area contributed by atoms with Crippen LogP contribution < -0.4 is 5.32 Å². The van der Waals surface area contributed by atoms with Gasteiger partial charge in [0.2, 0.25) is 5.91 Å². The standard InChI is InChI=1S/C15H14Cl2N2OS/c1-10-5-6-14(18-9-10)21-8-7-13(20)19-15-11(16)3-2-4-12(15)17/h2-6,9H,7-8H2,1H3,(H,19,20). The van der Waals surface area contributed by atoms with Crippen molar-refractivity contribution in [3.8, 4) is 0 Å². The molecule has 0 bridgehead atoms. The van der Waals surface area contributed by atoms with E-state index in [-0.39, 0.29) is 5.91 Å². The van der Waals surface area contributed by atoms with Crippen molar-refractivity contribution in [3.63, 3.8) is 0 Å². The first-order valence-corrected chi connectivity index (χ1v) is 8.10.